The van der Waals surface area contributed by atoms with Gasteiger partial charge in [0.15, 0.2) is 5.58 Å². The quantitative estimate of drug-likeness (QED) is 0.759. The van der Waals surface area contributed by atoms with Crippen molar-refractivity contribution < 1.29 is 18.8 Å². The third-order valence-electron chi connectivity index (χ3n) is 3.91. The van der Waals surface area contributed by atoms with Crippen LogP contribution in [0.5, 0.6) is 0 Å². The lowest BCUT2D eigenvalue weighted by Gasteiger charge is -2.25. The highest BCUT2D eigenvalue weighted by molar-refractivity contribution is 5.90. The number of rotatable bonds is 2. The number of carbonyl (C=O) groups is 2. The zero-order valence-corrected chi connectivity index (χ0v) is 10.6. The minimum Gasteiger partial charge on any atom is -0.459 e. The zero-order chi connectivity index (χ0) is 13.7. The number of benzene rings is 1. The van der Waals surface area contributed by atoms with Gasteiger partial charge in [-0.25, -0.2) is 4.79 Å². The van der Waals surface area contributed by atoms with E-state index in [1.165, 1.54) is 0 Å². The van der Waals surface area contributed by atoms with Crippen LogP contribution >= 0.6 is 0 Å². The topological polar surface area (TPSA) is 72.6 Å². The Balaban J connectivity index is 1.57. The summed E-state index contributed by atoms with van der Waals surface area (Å²) < 4.78 is 10.3. The van der Waals surface area contributed by atoms with Crippen molar-refractivity contribution in [2.24, 2.45) is 0 Å². The smallest absolute Gasteiger partial charge is 0.329 e. The molecule has 2 fully saturated rings. The number of nitrogens with zero attached hydrogens (tertiary/aromatic N) is 2. The molecule has 0 radical (unpaired) electrons. The van der Waals surface area contributed by atoms with Crippen LogP contribution in [0.15, 0.2) is 28.8 Å². The summed E-state index contributed by atoms with van der Waals surface area (Å²) in [5.74, 6) is -0.396. The van der Waals surface area contributed by atoms with E-state index in [4.69, 9.17) is 9.26 Å². The van der Waals surface area contributed by atoms with Crippen molar-refractivity contribution in [2.75, 3.05) is 6.54 Å². The fourth-order valence-corrected chi connectivity index (χ4v) is 2.94. The molecule has 1 aromatic heterocycles. The molecule has 0 spiro atoms. The van der Waals surface area contributed by atoms with Crippen molar-refractivity contribution in [3.8, 4) is 0 Å². The normalized spacial score (nSPS) is 24.4. The Morgan fingerprint density at radius 2 is 2.25 bits per heavy atom. The van der Waals surface area contributed by atoms with Gasteiger partial charge in [-0.05, 0) is 12.1 Å². The maximum absolute atomic E-state index is 12.3. The van der Waals surface area contributed by atoms with Gasteiger partial charge in [-0.2, -0.15) is 0 Å². The summed E-state index contributed by atoms with van der Waals surface area (Å²) in [6.45, 7) is 0.491. The van der Waals surface area contributed by atoms with E-state index >= 15 is 0 Å². The lowest BCUT2D eigenvalue weighted by atomic mass is 10.1. The van der Waals surface area contributed by atoms with Gasteiger partial charge in [0.2, 0.25) is 5.91 Å². The van der Waals surface area contributed by atoms with Crippen molar-refractivity contribution in [3.63, 3.8) is 0 Å². The Bertz CT molecular complexity index is 708. The predicted molar refractivity (Wildman–Crippen MR) is 67.7 cm³/mol. The number of esters is 1. The maximum Gasteiger partial charge on any atom is 0.329 e. The molecule has 0 saturated carbocycles. The first-order valence-electron chi connectivity index (χ1n) is 6.55. The van der Waals surface area contributed by atoms with Gasteiger partial charge in [0.05, 0.1) is 13.0 Å². The van der Waals surface area contributed by atoms with Crippen LogP contribution in [-0.2, 0) is 20.7 Å². The van der Waals surface area contributed by atoms with Gasteiger partial charge < -0.3 is 14.2 Å². The van der Waals surface area contributed by atoms with Crippen LogP contribution in [-0.4, -0.2) is 40.6 Å². The van der Waals surface area contributed by atoms with E-state index in [1.807, 2.05) is 24.3 Å². The molecule has 1 aromatic carbocycles. The molecule has 6 nitrogen and oxygen atoms in total. The minimum absolute atomic E-state index is 0.104. The molecule has 2 bridgehead atoms. The van der Waals surface area contributed by atoms with Crippen LogP contribution in [0.1, 0.15) is 12.1 Å². The Morgan fingerprint density at radius 3 is 3.05 bits per heavy atom. The van der Waals surface area contributed by atoms with Crippen LogP contribution in [0.3, 0.4) is 0 Å². The molecule has 102 valence electrons. The van der Waals surface area contributed by atoms with E-state index in [-0.39, 0.29) is 24.4 Å². The van der Waals surface area contributed by atoms with Gasteiger partial charge in [0, 0.05) is 11.8 Å². The zero-order valence-electron chi connectivity index (χ0n) is 10.6. The molecule has 3 heterocycles. The SMILES string of the molecule is O=C1O[C@H]2C[C@@H]1N(C(=O)Cc1noc3ccccc13)C2. The highest BCUT2D eigenvalue weighted by Gasteiger charge is 2.48. The Hall–Kier alpha value is -2.37. The molecule has 2 aliphatic heterocycles. The third kappa shape index (κ3) is 1.61. The highest BCUT2D eigenvalue weighted by atomic mass is 16.6. The second kappa shape index (κ2) is 4.06. The summed E-state index contributed by atoms with van der Waals surface area (Å²) in [7, 11) is 0. The number of hydrogen-bond donors (Lipinski definition) is 0. The van der Waals surface area contributed by atoms with Crippen LogP contribution < -0.4 is 0 Å². The van der Waals surface area contributed by atoms with Crippen molar-refractivity contribution in [1.29, 1.82) is 0 Å². The van der Waals surface area contributed by atoms with E-state index in [0.717, 1.165) is 5.39 Å². The first-order valence-corrected chi connectivity index (χ1v) is 6.55. The molecule has 2 aliphatic rings. The number of ether oxygens (including phenoxy) is 1. The summed E-state index contributed by atoms with van der Waals surface area (Å²) in [6.07, 6.45) is 0.628. The van der Waals surface area contributed by atoms with Crippen molar-refractivity contribution >= 4 is 22.8 Å². The van der Waals surface area contributed by atoms with Gasteiger partial charge in [0.1, 0.15) is 17.8 Å². The highest BCUT2D eigenvalue weighted by Crippen LogP contribution is 2.30. The van der Waals surface area contributed by atoms with E-state index in [2.05, 4.69) is 5.16 Å². The van der Waals surface area contributed by atoms with Crippen LogP contribution in [0.25, 0.3) is 11.0 Å². The molecular formula is C14H12N2O4. The van der Waals surface area contributed by atoms with E-state index in [0.29, 0.717) is 24.2 Å². The number of hydrogen-bond acceptors (Lipinski definition) is 5. The van der Waals surface area contributed by atoms with Gasteiger partial charge >= 0.3 is 5.97 Å². The summed E-state index contributed by atoms with van der Waals surface area (Å²) in [5, 5.41) is 4.79. The summed E-state index contributed by atoms with van der Waals surface area (Å²) in [4.78, 5) is 25.4. The van der Waals surface area contributed by atoms with Crippen molar-refractivity contribution in [3.05, 3.63) is 30.0 Å². The first kappa shape index (κ1) is 11.5. The molecule has 1 amide bonds. The van der Waals surface area contributed by atoms with E-state index in [9.17, 15) is 9.59 Å². The number of aromatic nitrogens is 1. The molecule has 2 aromatic rings. The van der Waals surface area contributed by atoms with Crippen molar-refractivity contribution in [2.45, 2.75) is 25.0 Å². The van der Waals surface area contributed by atoms with Gasteiger partial charge in [-0.3, -0.25) is 4.79 Å². The summed E-state index contributed by atoms with van der Waals surface area (Å²) in [5.41, 5.74) is 1.28. The maximum atomic E-state index is 12.3. The number of para-hydroxylation sites is 1. The lowest BCUT2D eigenvalue weighted by Crippen LogP contribution is -2.45. The lowest BCUT2D eigenvalue weighted by molar-refractivity contribution is -0.156. The Morgan fingerprint density at radius 1 is 1.40 bits per heavy atom. The molecule has 0 unspecified atom stereocenters. The van der Waals surface area contributed by atoms with Gasteiger partial charge in [-0.15, -0.1) is 0 Å². The molecule has 20 heavy (non-hydrogen) atoms. The standard InChI is InChI=1S/C14H12N2O4/c17-13(16-7-8-5-11(16)14(18)19-8)6-10-9-3-1-2-4-12(9)20-15-10/h1-4,8,11H,5-7H2/t8-,11-/m0/s1. The summed E-state index contributed by atoms with van der Waals surface area (Å²) in [6, 6.07) is 7.01. The Labute approximate surface area is 114 Å². The number of likely N-dealkylation sites (tertiary alicyclic amines) is 1. The number of morpholine rings is 1. The number of amides is 1. The third-order valence-corrected chi connectivity index (χ3v) is 3.91. The molecule has 6 heteroatoms. The predicted octanol–water partition coefficient (Wildman–Crippen LogP) is 0.897. The number of carbonyl (C=O) groups excluding carboxylic acids is 2. The molecule has 2 atom stereocenters. The van der Waals surface area contributed by atoms with E-state index < -0.39 is 6.04 Å². The first-order chi connectivity index (χ1) is 9.72. The molecule has 4 rings (SSSR count). The minimum atomic E-state index is -0.411. The van der Waals surface area contributed by atoms with Gasteiger partial charge in [0.25, 0.3) is 0 Å². The number of fused-ring (bicyclic) bond motifs is 3. The largest absolute Gasteiger partial charge is 0.459 e. The van der Waals surface area contributed by atoms with Gasteiger partial charge in [-0.1, -0.05) is 17.3 Å². The Kier molecular flexibility index (Phi) is 2.33. The van der Waals surface area contributed by atoms with E-state index in [1.54, 1.807) is 4.90 Å². The average molecular weight is 272 g/mol. The molecule has 2 saturated heterocycles. The average Bonchev–Trinajstić information content (AvgIpc) is 3.12. The fourth-order valence-electron chi connectivity index (χ4n) is 2.94. The van der Waals surface area contributed by atoms with Crippen LogP contribution in [0.2, 0.25) is 0 Å². The summed E-state index contributed by atoms with van der Waals surface area (Å²) >= 11 is 0. The second-order valence-electron chi connectivity index (χ2n) is 5.16. The van der Waals surface area contributed by atoms with Crippen LogP contribution in [0.4, 0.5) is 0 Å². The molecule has 0 N–H and O–H groups in total. The monoisotopic (exact) mass is 272 g/mol. The second-order valence-corrected chi connectivity index (χ2v) is 5.16. The van der Waals surface area contributed by atoms with Crippen molar-refractivity contribution in [1.82, 2.24) is 10.1 Å². The van der Waals surface area contributed by atoms with Crippen LogP contribution in [0, 0.1) is 0 Å². The fraction of sp³-hybridized carbons (Fsp3) is 0.357. The molecule has 0 aliphatic carbocycles. The molecular weight excluding hydrogens is 260 g/mol.